The number of hydrogen-bond acceptors (Lipinski definition) is 6. The Labute approximate surface area is 185 Å². The van der Waals surface area contributed by atoms with Gasteiger partial charge in [-0.1, -0.05) is 41.9 Å². The Morgan fingerprint density at radius 3 is 2.84 bits per heavy atom. The van der Waals surface area contributed by atoms with Crippen molar-refractivity contribution in [2.24, 2.45) is 0 Å². The zero-order valence-corrected chi connectivity index (χ0v) is 17.8. The second kappa shape index (κ2) is 9.56. The molecule has 0 aliphatic carbocycles. The number of methoxy groups -OCH3 is 1. The molecule has 2 aromatic carbocycles. The van der Waals surface area contributed by atoms with Crippen LogP contribution in [-0.2, 0) is 17.8 Å². The molecular weight excluding hydrogens is 412 g/mol. The first-order valence-electron chi connectivity index (χ1n) is 9.89. The van der Waals surface area contributed by atoms with Gasteiger partial charge in [0, 0.05) is 37.4 Å². The highest BCUT2D eigenvalue weighted by atomic mass is 35.5. The van der Waals surface area contributed by atoms with Crippen molar-refractivity contribution >= 4 is 28.7 Å². The fraction of sp³-hybridized carbons (Fsp3) is 0.217. The van der Waals surface area contributed by atoms with Gasteiger partial charge in [0.2, 0.25) is 5.95 Å². The number of aryl methyl sites for hydroxylation is 1. The summed E-state index contributed by atoms with van der Waals surface area (Å²) in [7, 11) is 1.68. The van der Waals surface area contributed by atoms with Crippen molar-refractivity contribution in [3.63, 3.8) is 0 Å². The molecule has 0 aliphatic rings. The molecule has 0 atom stereocenters. The number of halogens is 1. The molecule has 8 heteroatoms. The standard InChI is InChI=1S/C23H21ClN6O/c1-31-11-5-10-30-21(17-8-4-6-16(12-17)13-25)28-20-15-27-23(29-22(20)30)26-14-18-7-2-3-9-19(18)24/h2-4,6-9,12,15H,5,10-11,14H2,1H3,(H,26,27,29). The van der Waals surface area contributed by atoms with Crippen molar-refractivity contribution < 1.29 is 4.74 Å². The van der Waals surface area contributed by atoms with E-state index in [4.69, 9.17) is 26.3 Å². The summed E-state index contributed by atoms with van der Waals surface area (Å²) in [6, 6.07) is 17.2. The van der Waals surface area contributed by atoms with Crippen LogP contribution < -0.4 is 5.32 Å². The summed E-state index contributed by atoms with van der Waals surface area (Å²) < 4.78 is 7.27. The van der Waals surface area contributed by atoms with Gasteiger partial charge in [0.05, 0.1) is 17.8 Å². The minimum absolute atomic E-state index is 0.498. The van der Waals surface area contributed by atoms with Crippen LogP contribution in [0.15, 0.2) is 54.7 Å². The summed E-state index contributed by atoms with van der Waals surface area (Å²) in [6.07, 6.45) is 2.51. The number of aromatic nitrogens is 4. The molecule has 31 heavy (non-hydrogen) atoms. The van der Waals surface area contributed by atoms with Gasteiger partial charge >= 0.3 is 0 Å². The molecule has 0 saturated heterocycles. The van der Waals surface area contributed by atoms with Crippen molar-refractivity contribution in [2.45, 2.75) is 19.5 Å². The van der Waals surface area contributed by atoms with E-state index in [9.17, 15) is 5.26 Å². The predicted molar refractivity (Wildman–Crippen MR) is 121 cm³/mol. The molecule has 7 nitrogen and oxygen atoms in total. The first-order valence-corrected chi connectivity index (χ1v) is 10.3. The number of fused-ring (bicyclic) bond motifs is 1. The molecule has 2 aromatic heterocycles. The van der Waals surface area contributed by atoms with E-state index in [0.717, 1.165) is 29.0 Å². The maximum atomic E-state index is 9.27. The summed E-state index contributed by atoms with van der Waals surface area (Å²) >= 11 is 6.25. The van der Waals surface area contributed by atoms with Gasteiger partial charge < -0.3 is 14.6 Å². The largest absolute Gasteiger partial charge is 0.385 e. The fourth-order valence-electron chi connectivity index (χ4n) is 3.35. The van der Waals surface area contributed by atoms with Crippen molar-refractivity contribution in [1.29, 1.82) is 5.26 Å². The molecule has 0 aliphatic heterocycles. The van der Waals surface area contributed by atoms with Gasteiger partial charge in [-0.15, -0.1) is 0 Å². The summed E-state index contributed by atoms with van der Waals surface area (Å²) in [4.78, 5) is 13.9. The van der Waals surface area contributed by atoms with E-state index in [1.165, 1.54) is 0 Å². The third-order valence-electron chi connectivity index (χ3n) is 4.86. The molecule has 0 unspecified atom stereocenters. The Balaban J connectivity index is 1.70. The molecule has 1 N–H and O–H groups in total. The van der Waals surface area contributed by atoms with Crippen LogP contribution in [0.1, 0.15) is 17.5 Å². The van der Waals surface area contributed by atoms with Gasteiger partial charge in [0.15, 0.2) is 5.65 Å². The van der Waals surface area contributed by atoms with Gasteiger partial charge in [-0.3, -0.25) is 0 Å². The van der Waals surface area contributed by atoms with Crippen molar-refractivity contribution in [3.8, 4) is 17.5 Å². The Bertz CT molecular complexity index is 1250. The number of ether oxygens (including phenoxy) is 1. The minimum Gasteiger partial charge on any atom is -0.385 e. The third-order valence-corrected chi connectivity index (χ3v) is 5.23. The Morgan fingerprint density at radius 1 is 1.16 bits per heavy atom. The van der Waals surface area contributed by atoms with E-state index in [1.54, 1.807) is 19.4 Å². The second-order valence-corrected chi connectivity index (χ2v) is 7.38. The minimum atomic E-state index is 0.498. The van der Waals surface area contributed by atoms with E-state index in [1.807, 2.05) is 47.0 Å². The van der Waals surface area contributed by atoms with E-state index in [0.29, 0.717) is 41.7 Å². The van der Waals surface area contributed by atoms with Crippen LogP contribution in [0.25, 0.3) is 22.6 Å². The van der Waals surface area contributed by atoms with E-state index >= 15 is 0 Å². The maximum Gasteiger partial charge on any atom is 0.225 e. The highest BCUT2D eigenvalue weighted by Crippen LogP contribution is 2.25. The SMILES string of the molecule is COCCCn1c(-c2cccc(C#N)c2)nc2cnc(NCc3ccccc3Cl)nc21. The molecule has 156 valence electrons. The lowest BCUT2D eigenvalue weighted by Crippen LogP contribution is -2.07. The molecule has 0 spiro atoms. The number of nitriles is 1. The van der Waals surface area contributed by atoms with Gasteiger partial charge in [0.1, 0.15) is 11.3 Å². The number of hydrogen-bond donors (Lipinski definition) is 1. The van der Waals surface area contributed by atoms with Crippen LogP contribution in [0.5, 0.6) is 0 Å². The number of imidazole rings is 1. The Hall–Kier alpha value is -3.47. The van der Waals surface area contributed by atoms with Crippen molar-refractivity contribution in [3.05, 3.63) is 70.9 Å². The average molecular weight is 433 g/mol. The first kappa shape index (κ1) is 20.8. The molecule has 2 heterocycles. The summed E-state index contributed by atoms with van der Waals surface area (Å²) in [5.41, 5.74) is 3.83. The van der Waals surface area contributed by atoms with E-state index in [-0.39, 0.29) is 0 Å². The molecule has 0 saturated carbocycles. The molecule has 0 amide bonds. The third kappa shape index (κ3) is 4.66. The van der Waals surface area contributed by atoms with Crippen molar-refractivity contribution in [1.82, 2.24) is 19.5 Å². The Kier molecular flexibility index (Phi) is 6.41. The quantitative estimate of drug-likeness (QED) is 0.407. The van der Waals surface area contributed by atoms with Crippen LogP contribution in [0, 0.1) is 11.3 Å². The van der Waals surface area contributed by atoms with E-state index in [2.05, 4.69) is 16.4 Å². The first-order chi connectivity index (χ1) is 15.2. The lowest BCUT2D eigenvalue weighted by Gasteiger charge is -2.10. The zero-order valence-electron chi connectivity index (χ0n) is 17.0. The summed E-state index contributed by atoms with van der Waals surface area (Å²) in [6.45, 7) is 1.82. The van der Waals surface area contributed by atoms with Gasteiger partial charge in [-0.2, -0.15) is 10.2 Å². The molecule has 4 rings (SSSR count). The molecule has 0 radical (unpaired) electrons. The van der Waals surface area contributed by atoms with Gasteiger partial charge in [-0.25, -0.2) is 9.97 Å². The van der Waals surface area contributed by atoms with Crippen LogP contribution in [-0.4, -0.2) is 33.2 Å². The fourth-order valence-corrected chi connectivity index (χ4v) is 3.55. The lowest BCUT2D eigenvalue weighted by atomic mass is 10.1. The van der Waals surface area contributed by atoms with Gasteiger partial charge in [0.25, 0.3) is 0 Å². The lowest BCUT2D eigenvalue weighted by molar-refractivity contribution is 0.191. The van der Waals surface area contributed by atoms with Crippen LogP contribution >= 0.6 is 11.6 Å². The number of benzene rings is 2. The summed E-state index contributed by atoms with van der Waals surface area (Å²) in [5, 5.41) is 13.2. The van der Waals surface area contributed by atoms with Crippen LogP contribution in [0.3, 0.4) is 0 Å². The van der Waals surface area contributed by atoms with Crippen molar-refractivity contribution in [2.75, 3.05) is 19.0 Å². The molecule has 0 fully saturated rings. The number of anilines is 1. The monoisotopic (exact) mass is 432 g/mol. The number of rotatable bonds is 8. The highest BCUT2D eigenvalue weighted by Gasteiger charge is 2.15. The van der Waals surface area contributed by atoms with Crippen LogP contribution in [0.4, 0.5) is 5.95 Å². The van der Waals surface area contributed by atoms with Gasteiger partial charge in [-0.05, 0) is 30.2 Å². The highest BCUT2D eigenvalue weighted by molar-refractivity contribution is 6.31. The molecule has 4 aromatic rings. The smallest absolute Gasteiger partial charge is 0.225 e. The molecule has 0 bridgehead atoms. The second-order valence-electron chi connectivity index (χ2n) is 6.97. The normalized spacial score (nSPS) is 10.9. The Morgan fingerprint density at radius 2 is 2.03 bits per heavy atom. The van der Waals surface area contributed by atoms with E-state index < -0.39 is 0 Å². The number of nitrogens with one attached hydrogen (secondary N) is 1. The zero-order chi connectivity index (χ0) is 21.6. The maximum absolute atomic E-state index is 9.27. The number of nitrogens with zero attached hydrogens (tertiary/aromatic N) is 5. The topological polar surface area (TPSA) is 88.7 Å². The summed E-state index contributed by atoms with van der Waals surface area (Å²) in [5.74, 6) is 1.25. The van der Waals surface area contributed by atoms with Crippen LogP contribution in [0.2, 0.25) is 5.02 Å². The average Bonchev–Trinajstić information content (AvgIpc) is 3.16. The molecular formula is C23H21ClN6O. The predicted octanol–water partition coefficient (Wildman–Crippen LogP) is 4.67.